The molecule has 2 aromatic heterocycles. The van der Waals surface area contributed by atoms with E-state index in [-0.39, 0.29) is 18.2 Å². The second kappa shape index (κ2) is 10.7. The van der Waals surface area contributed by atoms with Crippen LogP contribution in [0, 0.1) is 5.92 Å². The summed E-state index contributed by atoms with van der Waals surface area (Å²) in [6, 6.07) is 6.11. The van der Waals surface area contributed by atoms with E-state index in [1.54, 1.807) is 44.4 Å². The number of carbonyl (C=O) groups excluding carboxylic acids is 1. The smallest absolute Gasteiger partial charge is 0.423 e. The van der Waals surface area contributed by atoms with Gasteiger partial charge in [0.2, 0.25) is 11.8 Å². The number of ether oxygens (including phenoxy) is 2. The molecule has 1 aromatic carbocycles. The summed E-state index contributed by atoms with van der Waals surface area (Å²) in [6.45, 7) is 0.636. The van der Waals surface area contributed by atoms with Crippen LogP contribution >= 0.6 is 0 Å². The molecule has 0 saturated carbocycles. The van der Waals surface area contributed by atoms with Gasteiger partial charge < -0.3 is 19.7 Å². The lowest BCUT2D eigenvalue weighted by Gasteiger charge is -2.43. The molecular weight excluding hydrogens is 527 g/mol. The highest BCUT2D eigenvalue weighted by Crippen LogP contribution is 2.37. The number of methoxy groups -OCH3 is 2. The predicted octanol–water partition coefficient (Wildman–Crippen LogP) is 4.51. The predicted molar refractivity (Wildman–Crippen MR) is 131 cm³/mol. The number of nitrogens with zero attached hydrogens (tertiary/aromatic N) is 5. The van der Waals surface area contributed by atoms with Gasteiger partial charge in [0, 0.05) is 38.0 Å². The standard InChI is InChI=1S/C25H27F5N6O3/c1-14-9-24(26,27)13-36(19(14)11-32-23-31-10-18(25(28,29)30)21(33-23)39-4)22(37)20-17(12-35(2)34-20)15-5-7-16(38-3)8-6-15/h5-8,10,12,14,19H,9,11,13H2,1-4H3,(H,31,32,33)/t14-,19-/m1/s1. The molecule has 1 fully saturated rings. The van der Waals surface area contributed by atoms with E-state index in [1.165, 1.54) is 11.8 Å². The SMILES string of the molecule is COc1ccc(-c2cn(C)nc2C(=O)N2CC(F)(F)C[C@@H](C)[C@H]2CNc2ncc(C(F)(F)F)c(OC)n2)cc1. The van der Waals surface area contributed by atoms with Gasteiger partial charge >= 0.3 is 6.18 Å². The maximum Gasteiger partial charge on any atom is 0.423 e. The third-order valence-corrected chi connectivity index (χ3v) is 6.49. The molecule has 3 aromatic rings. The average Bonchev–Trinajstić information content (AvgIpc) is 3.27. The average molecular weight is 555 g/mol. The van der Waals surface area contributed by atoms with Gasteiger partial charge in [0.25, 0.3) is 11.8 Å². The van der Waals surface area contributed by atoms with Crippen LogP contribution in [0.1, 0.15) is 29.4 Å². The van der Waals surface area contributed by atoms with E-state index >= 15 is 0 Å². The van der Waals surface area contributed by atoms with Crippen molar-refractivity contribution in [3.63, 3.8) is 0 Å². The van der Waals surface area contributed by atoms with Crippen molar-refractivity contribution in [3.8, 4) is 22.8 Å². The van der Waals surface area contributed by atoms with Gasteiger partial charge in [-0.05, 0) is 23.6 Å². The summed E-state index contributed by atoms with van der Waals surface area (Å²) < 4.78 is 80.2. The fourth-order valence-corrected chi connectivity index (χ4v) is 4.64. The van der Waals surface area contributed by atoms with Crippen molar-refractivity contribution in [1.29, 1.82) is 0 Å². The summed E-state index contributed by atoms with van der Waals surface area (Å²) >= 11 is 0. The van der Waals surface area contributed by atoms with E-state index in [0.717, 1.165) is 12.0 Å². The monoisotopic (exact) mass is 554 g/mol. The number of benzene rings is 1. The normalized spacial score (nSPS) is 19.1. The lowest BCUT2D eigenvalue weighted by Crippen LogP contribution is -2.57. The summed E-state index contributed by atoms with van der Waals surface area (Å²) in [5.41, 5.74) is -0.0672. The Morgan fingerprint density at radius 3 is 2.49 bits per heavy atom. The lowest BCUT2D eigenvalue weighted by atomic mass is 9.88. The highest BCUT2D eigenvalue weighted by molar-refractivity contribution is 5.99. The molecule has 39 heavy (non-hydrogen) atoms. The topological polar surface area (TPSA) is 94.4 Å². The van der Waals surface area contributed by atoms with Crippen LogP contribution < -0.4 is 14.8 Å². The number of aryl methyl sites for hydroxylation is 1. The first kappa shape index (κ1) is 28.0. The van der Waals surface area contributed by atoms with Crippen molar-refractivity contribution in [1.82, 2.24) is 24.6 Å². The van der Waals surface area contributed by atoms with Crippen molar-refractivity contribution in [2.75, 3.05) is 32.6 Å². The Morgan fingerprint density at radius 1 is 1.18 bits per heavy atom. The fraction of sp³-hybridized carbons (Fsp3) is 0.440. The zero-order chi connectivity index (χ0) is 28.5. The number of amides is 1. The first-order valence-corrected chi connectivity index (χ1v) is 11.9. The highest BCUT2D eigenvalue weighted by Gasteiger charge is 2.47. The molecule has 1 N–H and O–H groups in total. The number of carbonyl (C=O) groups is 1. The van der Waals surface area contributed by atoms with Gasteiger partial charge in [0.15, 0.2) is 5.69 Å². The summed E-state index contributed by atoms with van der Waals surface area (Å²) in [5, 5.41) is 7.04. The molecule has 0 radical (unpaired) electrons. The minimum Gasteiger partial charge on any atom is -0.497 e. The van der Waals surface area contributed by atoms with E-state index < -0.39 is 54.4 Å². The number of rotatable bonds is 7. The molecule has 2 atom stereocenters. The Labute approximate surface area is 220 Å². The highest BCUT2D eigenvalue weighted by atomic mass is 19.4. The van der Waals surface area contributed by atoms with Crippen LogP contribution in [-0.4, -0.2) is 69.8 Å². The van der Waals surface area contributed by atoms with Crippen molar-refractivity contribution < 1.29 is 36.2 Å². The van der Waals surface area contributed by atoms with Crippen molar-refractivity contribution >= 4 is 11.9 Å². The minimum atomic E-state index is -4.72. The van der Waals surface area contributed by atoms with E-state index in [0.29, 0.717) is 23.1 Å². The van der Waals surface area contributed by atoms with E-state index in [1.807, 2.05) is 0 Å². The summed E-state index contributed by atoms with van der Waals surface area (Å²) in [7, 11) is 4.18. The van der Waals surface area contributed by atoms with E-state index in [9.17, 15) is 26.7 Å². The Hall–Kier alpha value is -3.97. The van der Waals surface area contributed by atoms with Crippen LogP contribution in [0.15, 0.2) is 36.7 Å². The second-order valence-corrected chi connectivity index (χ2v) is 9.33. The molecule has 0 bridgehead atoms. The Kier molecular flexibility index (Phi) is 7.66. The fourth-order valence-electron chi connectivity index (χ4n) is 4.64. The largest absolute Gasteiger partial charge is 0.497 e. The molecule has 14 heteroatoms. The molecule has 0 unspecified atom stereocenters. The number of hydrogen-bond donors (Lipinski definition) is 1. The van der Waals surface area contributed by atoms with Gasteiger partial charge in [0.05, 0.1) is 26.8 Å². The molecule has 0 aliphatic carbocycles. The molecule has 9 nitrogen and oxygen atoms in total. The number of halogens is 5. The van der Waals surface area contributed by atoms with Gasteiger partial charge in [0.1, 0.15) is 11.3 Å². The van der Waals surface area contributed by atoms with Crippen LogP contribution in [-0.2, 0) is 13.2 Å². The third-order valence-electron chi connectivity index (χ3n) is 6.49. The summed E-state index contributed by atoms with van der Waals surface area (Å²) in [5.74, 6) is -4.80. The zero-order valence-corrected chi connectivity index (χ0v) is 21.6. The number of likely N-dealkylation sites (tertiary alicyclic amines) is 1. The molecule has 1 amide bonds. The van der Waals surface area contributed by atoms with E-state index in [2.05, 4.69) is 20.4 Å². The molecule has 1 aliphatic heterocycles. The number of piperidine rings is 1. The van der Waals surface area contributed by atoms with Crippen LogP contribution in [0.3, 0.4) is 0 Å². The van der Waals surface area contributed by atoms with Gasteiger partial charge in [-0.1, -0.05) is 19.1 Å². The molecule has 210 valence electrons. The number of anilines is 1. The van der Waals surface area contributed by atoms with Crippen LogP contribution in [0.25, 0.3) is 11.1 Å². The van der Waals surface area contributed by atoms with Gasteiger partial charge in [-0.2, -0.15) is 23.3 Å². The summed E-state index contributed by atoms with van der Waals surface area (Å²) in [4.78, 5) is 22.2. The number of aromatic nitrogens is 4. The quantitative estimate of drug-likeness (QED) is 0.430. The number of alkyl halides is 5. The van der Waals surface area contributed by atoms with Crippen molar-refractivity contribution in [2.24, 2.45) is 13.0 Å². The van der Waals surface area contributed by atoms with Crippen molar-refractivity contribution in [2.45, 2.75) is 31.5 Å². The van der Waals surface area contributed by atoms with Crippen LogP contribution in [0.2, 0.25) is 0 Å². The molecule has 3 heterocycles. The maximum absolute atomic E-state index is 14.7. The molecular formula is C25H27F5N6O3. The molecule has 4 rings (SSSR count). The number of nitrogens with one attached hydrogen (secondary N) is 1. The van der Waals surface area contributed by atoms with Gasteiger partial charge in [-0.25, -0.2) is 13.8 Å². The van der Waals surface area contributed by atoms with Gasteiger partial charge in [-0.3, -0.25) is 9.48 Å². The first-order valence-electron chi connectivity index (χ1n) is 11.9. The lowest BCUT2D eigenvalue weighted by molar-refractivity contribution is -0.139. The minimum absolute atomic E-state index is 0.00924. The zero-order valence-electron chi connectivity index (χ0n) is 21.6. The molecule has 0 spiro atoms. The number of hydrogen-bond acceptors (Lipinski definition) is 7. The van der Waals surface area contributed by atoms with Crippen LogP contribution in [0.4, 0.5) is 27.9 Å². The Bertz CT molecular complexity index is 1330. The first-order chi connectivity index (χ1) is 18.3. The maximum atomic E-state index is 14.7. The Balaban J connectivity index is 1.62. The van der Waals surface area contributed by atoms with Crippen LogP contribution in [0.5, 0.6) is 11.6 Å². The molecule has 1 aliphatic rings. The Morgan fingerprint density at radius 2 is 1.87 bits per heavy atom. The van der Waals surface area contributed by atoms with Gasteiger partial charge in [-0.15, -0.1) is 0 Å². The second-order valence-electron chi connectivity index (χ2n) is 9.33. The summed E-state index contributed by atoms with van der Waals surface area (Å²) in [6.07, 6.45) is -3.00. The van der Waals surface area contributed by atoms with E-state index in [4.69, 9.17) is 9.47 Å². The van der Waals surface area contributed by atoms with Crippen molar-refractivity contribution in [3.05, 3.63) is 47.9 Å². The third kappa shape index (κ3) is 6.04. The molecule has 1 saturated heterocycles.